The summed E-state index contributed by atoms with van der Waals surface area (Å²) in [6.07, 6.45) is 2.33. The number of aliphatic carboxylic acids is 1. The number of carboxylic acid groups (broad SMARTS) is 1. The summed E-state index contributed by atoms with van der Waals surface area (Å²) in [6, 6.07) is 7.56. The third-order valence-electron chi connectivity index (χ3n) is 2.14. The van der Waals surface area contributed by atoms with Crippen LogP contribution in [0.4, 0.5) is 0 Å². The molecular formula is C12H14O3. The molecule has 0 saturated carbocycles. The highest BCUT2D eigenvalue weighted by Crippen LogP contribution is 2.12. The van der Waals surface area contributed by atoms with Crippen molar-refractivity contribution < 1.29 is 14.6 Å². The molecule has 0 bridgehead atoms. The lowest BCUT2D eigenvalue weighted by atomic mass is 10.1. The van der Waals surface area contributed by atoms with E-state index in [1.54, 1.807) is 20.1 Å². The lowest BCUT2D eigenvalue weighted by molar-refractivity contribution is -0.132. The van der Waals surface area contributed by atoms with Gasteiger partial charge in [-0.15, -0.1) is 0 Å². The van der Waals surface area contributed by atoms with Crippen LogP contribution in [0.3, 0.4) is 0 Å². The predicted octanol–water partition coefficient (Wildman–Crippen LogP) is 2.27. The summed E-state index contributed by atoms with van der Waals surface area (Å²) >= 11 is 0. The molecule has 3 heteroatoms. The first kappa shape index (κ1) is 11.3. The quantitative estimate of drug-likeness (QED) is 0.769. The first-order chi connectivity index (χ1) is 7.13. The van der Waals surface area contributed by atoms with Gasteiger partial charge in [-0.2, -0.15) is 0 Å². The average molecular weight is 206 g/mol. The van der Waals surface area contributed by atoms with Crippen LogP contribution in [0.5, 0.6) is 5.75 Å². The fourth-order valence-corrected chi connectivity index (χ4v) is 1.12. The third-order valence-corrected chi connectivity index (χ3v) is 2.14. The van der Waals surface area contributed by atoms with E-state index < -0.39 is 5.97 Å². The van der Waals surface area contributed by atoms with Gasteiger partial charge in [0.2, 0.25) is 0 Å². The molecule has 1 aromatic rings. The Kier molecular flexibility index (Phi) is 3.92. The molecule has 0 aliphatic carbocycles. The summed E-state index contributed by atoms with van der Waals surface area (Å²) in [5.74, 6) is -0.0683. The smallest absolute Gasteiger partial charge is 0.330 e. The second-order valence-corrected chi connectivity index (χ2v) is 3.24. The van der Waals surface area contributed by atoms with Gasteiger partial charge in [0.15, 0.2) is 0 Å². The normalized spacial score (nSPS) is 11.2. The minimum absolute atomic E-state index is 0.366. The van der Waals surface area contributed by atoms with E-state index in [0.29, 0.717) is 12.0 Å². The van der Waals surface area contributed by atoms with Gasteiger partial charge < -0.3 is 9.84 Å². The van der Waals surface area contributed by atoms with Crippen molar-refractivity contribution in [1.29, 1.82) is 0 Å². The van der Waals surface area contributed by atoms with E-state index in [2.05, 4.69) is 0 Å². The lowest BCUT2D eigenvalue weighted by Crippen LogP contribution is -1.96. The van der Waals surface area contributed by atoms with Gasteiger partial charge in [0.05, 0.1) is 7.11 Å². The second-order valence-electron chi connectivity index (χ2n) is 3.24. The minimum atomic E-state index is -0.872. The van der Waals surface area contributed by atoms with E-state index in [4.69, 9.17) is 9.84 Å². The molecule has 0 aliphatic rings. The highest BCUT2D eigenvalue weighted by molar-refractivity contribution is 5.85. The molecule has 1 N–H and O–H groups in total. The lowest BCUT2D eigenvalue weighted by Gasteiger charge is -2.01. The molecule has 0 aliphatic heterocycles. The average Bonchev–Trinajstić information content (AvgIpc) is 2.26. The van der Waals surface area contributed by atoms with Gasteiger partial charge in [0.25, 0.3) is 0 Å². The highest BCUT2D eigenvalue weighted by atomic mass is 16.5. The molecule has 0 fully saturated rings. The van der Waals surface area contributed by atoms with Gasteiger partial charge in [0.1, 0.15) is 5.75 Å². The first-order valence-corrected chi connectivity index (χ1v) is 4.66. The summed E-state index contributed by atoms with van der Waals surface area (Å²) in [4.78, 5) is 10.5. The number of methoxy groups -OCH3 is 1. The van der Waals surface area contributed by atoms with Crippen LogP contribution in [-0.2, 0) is 11.2 Å². The zero-order valence-electron chi connectivity index (χ0n) is 8.86. The largest absolute Gasteiger partial charge is 0.497 e. The Hall–Kier alpha value is -1.77. The molecule has 80 valence electrons. The van der Waals surface area contributed by atoms with Crippen molar-refractivity contribution in [3.05, 3.63) is 41.5 Å². The van der Waals surface area contributed by atoms with Crippen LogP contribution in [0.2, 0.25) is 0 Å². The van der Waals surface area contributed by atoms with Crippen LogP contribution in [0, 0.1) is 0 Å². The monoisotopic (exact) mass is 206 g/mol. The van der Waals surface area contributed by atoms with Crippen molar-refractivity contribution in [2.45, 2.75) is 13.3 Å². The molecule has 0 heterocycles. The maximum Gasteiger partial charge on any atom is 0.330 e. The Balaban J connectivity index is 2.66. The zero-order valence-corrected chi connectivity index (χ0v) is 8.86. The summed E-state index contributed by atoms with van der Waals surface area (Å²) < 4.78 is 5.02. The minimum Gasteiger partial charge on any atom is -0.497 e. The number of hydrogen-bond acceptors (Lipinski definition) is 2. The van der Waals surface area contributed by atoms with Crippen LogP contribution in [0.1, 0.15) is 12.5 Å². The Morgan fingerprint density at radius 2 is 2.00 bits per heavy atom. The molecule has 0 aromatic heterocycles. The molecule has 3 nitrogen and oxygen atoms in total. The van der Waals surface area contributed by atoms with Crippen molar-refractivity contribution in [3.8, 4) is 5.75 Å². The number of hydrogen-bond donors (Lipinski definition) is 1. The number of carbonyl (C=O) groups is 1. The predicted molar refractivity (Wildman–Crippen MR) is 58.1 cm³/mol. The molecule has 15 heavy (non-hydrogen) atoms. The number of rotatable bonds is 4. The Morgan fingerprint density at radius 3 is 2.47 bits per heavy atom. The van der Waals surface area contributed by atoms with Crippen LogP contribution >= 0.6 is 0 Å². The SMILES string of the molecule is COc1ccc(CC=C(C)C(=O)O)cc1. The number of allylic oxidation sites excluding steroid dienone is 1. The van der Waals surface area contributed by atoms with Crippen molar-refractivity contribution in [2.75, 3.05) is 7.11 Å². The van der Waals surface area contributed by atoms with Crippen molar-refractivity contribution in [1.82, 2.24) is 0 Å². The van der Waals surface area contributed by atoms with Crippen LogP contribution < -0.4 is 4.74 Å². The summed E-state index contributed by atoms with van der Waals surface area (Å²) in [6.45, 7) is 1.59. The summed E-state index contributed by atoms with van der Waals surface area (Å²) in [5.41, 5.74) is 1.43. The maximum absolute atomic E-state index is 10.5. The Labute approximate surface area is 89.0 Å². The van der Waals surface area contributed by atoms with E-state index in [0.717, 1.165) is 11.3 Å². The van der Waals surface area contributed by atoms with Crippen molar-refractivity contribution >= 4 is 5.97 Å². The maximum atomic E-state index is 10.5. The number of carboxylic acids is 1. The number of benzene rings is 1. The molecular weight excluding hydrogens is 192 g/mol. The highest BCUT2D eigenvalue weighted by Gasteiger charge is 1.99. The van der Waals surface area contributed by atoms with Crippen LogP contribution in [-0.4, -0.2) is 18.2 Å². The fourth-order valence-electron chi connectivity index (χ4n) is 1.12. The van der Waals surface area contributed by atoms with E-state index in [9.17, 15) is 4.79 Å². The molecule has 0 amide bonds. The van der Waals surface area contributed by atoms with Crippen molar-refractivity contribution in [3.63, 3.8) is 0 Å². The standard InChI is InChI=1S/C12H14O3/c1-9(12(13)14)3-4-10-5-7-11(15-2)8-6-10/h3,5-8H,4H2,1-2H3,(H,13,14). The molecule has 0 atom stereocenters. The summed E-state index contributed by atoms with van der Waals surface area (Å²) in [5, 5.41) is 8.65. The van der Waals surface area contributed by atoms with Gasteiger partial charge in [0, 0.05) is 5.57 Å². The Bertz CT molecular complexity index is 363. The van der Waals surface area contributed by atoms with E-state index in [1.807, 2.05) is 24.3 Å². The summed E-state index contributed by atoms with van der Waals surface area (Å²) in [7, 11) is 1.61. The zero-order chi connectivity index (χ0) is 11.3. The van der Waals surface area contributed by atoms with Gasteiger partial charge in [-0.3, -0.25) is 0 Å². The molecule has 0 spiro atoms. The van der Waals surface area contributed by atoms with Gasteiger partial charge in [-0.05, 0) is 31.0 Å². The third kappa shape index (κ3) is 3.46. The van der Waals surface area contributed by atoms with E-state index >= 15 is 0 Å². The Morgan fingerprint density at radius 1 is 1.40 bits per heavy atom. The fraction of sp³-hybridized carbons (Fsp3) is 0.250. The second kappa shape index (κ2) is 5.20. The molecule has 0 unspecified atom stereocenters. The van der Waals surface area contributed by atoms with Crippen LogP contribution in [0.15, 0.2) is 35.9 Å². The molecule has 1 aromatic carbocycles. The van der Waals surface area contributed by atoms with Gasteiger partial charge in [-0.1, -0.05) is 18.2 Å². The molecule has 0 saturated heterocycles. The van der Waals surface area contributed by atoms with Gasteiger partial charge >= 0.3 is 5.97 Å². The van der Waals surface area contributed by atoms with E-state index in [-0.39, 0.29) is 0 Å². The van der Waals surface area contributed by atoms with E-state index in [1.165, 1.54) is 0 Å². The van der Waals surface area contributed by atoms with Crippen molar-refractivity contribution in [2.24, 2.45) is 0 Å². The number of ether oxygens (including phenoxy) is 1. The van der Waals surface area contributed by atoms with Gasteiger partial charge in [-0.25, -0.2) is 4.79 Å². The molecule has 1 rings (SSSR count). The molecule has 0 radical (unpaired) electrons. The first-order valence-electron chi connectivity index (χ1n) is 4.66. The topological polar surface area (TPSA) is 46.5 Å². The van der Waals surface area contributed by atoms with Crippen LogP contribution in [0.25, 0.3) is 0 Å².